The first-order valence-corrected chi connectivity index (χ1v) is 8.94. The number of nitrogens with zero attached hydrogens (tertiary/aromatic N) is 1. The summed E-state index contributed by atoms with van der Waals surface area (Å²) >= 11 is 0. The van der Waals surface area contributed by atoms with Crippen molar-refractivity contribution in [1.82, 2.24) is 10.2 Å². The van der Waals surface area contributed by atoms with E-state index in [-0.39, 0.29) is 11.9 Å². The van der Waals surface area contributed by atoms with E-state index in [1.54, 1.807) is 4.90 Å². The Labute approximate surface area is 140 Å². The summed E-state index contributed by atoms with van der Waals surface area (Å²) in [4.78, 5) is 27.6. The lowest BCUT2D eigenvalue weighted by Crippen LogP contribution is -2.62. The van der Waals surface area contributed by atoms with Crippen molar-refractivity contribution in [3.8, 4) is 0 Å². The minimum atomic E-state index is -0.533. The monoisotopic (exact) mass is 324 g/mol. The van der Waals surface area contributed by atoms with Crippen molar-refractivity contribution in [2.45, 2.75) is 83.9 Å². The van der Waals surface area contributed by atoms with Gasteiger partial charge >= 0.3 is 5.97 Å². The van der Waals surface area contributed by atoms with Gasteiger partial charge in [0.15, 0.2) is 0 Å². The second-order valence-electron chi connectivity index (χ2n) is 8.39. The minimum Gasteiger partial charge on any atom is -0.458 e. The molecule has 0 radical (unpaired) electrons. The van der Waals surface area contributed by atoms with E-state index >= 15 is 0 Å². The number of likely N-dealkylation sites (tertiary alicyclic amines) is 1. The number of carbonyl (C=O) groups is 2. The van der Waals surface area contributed by atoms with Crippen LogP contribution in [0.1, 0.15) is 66.7 Å². The van der Waals surface area contributed by atoms with Gasteiger partial charge in [0.1, 0.15) is 11.6 Å². The van der Waals surface area contributed by atoms with E-state index in [0.29, 0.717) is 18.9 Å². The second kappa shape index (κ2) is 6.80. The number of amides is 1. The molecule has 2 saturated heterocycles. The maximum atomic E-state index is 13.1. The summed E-state index contributed by atoms with van der Waals surface area (Å²) in [5.74, 6) is 0.155. The molecule has 5 nitrogen and oxygen atoms in total. The Hall–Kier alpha value is -1.10. The third-order valence-corrected chi connectivity index (χ3v) is 4.67. The highest BCUT2D eigenvalue weighted by atomic mass is 16.6. The predicted molar refractivity (Wildman–Crippen MR) is 90.0 cm³/mol. The van der Waals surface area contributed by atoms with Gasteiger partial charge in [0.2, 0.25) is 5.91 Å². The van der Waals surface area contributed by atoms with Crippen molar-refractivity contribution in [3.05, 3.63) is 0 Å². The molecule has 2 rings (SSSR count). The number of nitrogens with one attached hydrogen (secondary N) is 1. The SMILES string of the molecule is CC(C)C[C@@H](C(=O)OC(C)(C)C)N1CCC[C@]2(CCCN2)C1=O. The topological polar surface area (TPSA) is 58.6 Å². The Morgan fingerprint density at radius 2 is 1.96 bits per heavy atom. The molecule has 2 aliphatic rings. The zero-order chi connectivity index (χ0) is 17.3. The zero-order valence-electron chi connectivity index (χ0n) is 15.3. The lowest BCUT2D eigenvalue weighted by molar-refractivity contribution is -0.168. The van der Waals surface area contributed by atoms with Crippen molar-refractivity contribution in [3.63, 3.8) is 0 Å². The van der Waals surface area contributed by atoms with Gasteiger partial charge in [0.05, 0.1) is 5.54 Å². The fourth-order valence-corrected chi connectivity index (χ4v) is 3.70. The van der Waals surface area contributed by atoms with Crippen LogP contribution in [0.4, 0.5) is 0 Å². The van der Waals surface area contributed by atoms with Crippen LogP contribution in [0, 0.1) is 5.92 Å². The molecule has 0 saturated carbocycles. The van der Waals surface area contributed by atoms with Gasteiger partial charge in [-0.25, -0.2) is 4.79 Å². The molecule has 0 aromatic heterocycles. The maximum absolute atomic E-state index is 13.1. The van der Waals surface area contributed by atoms with E-state index in [1.165, 1.54) is 0 Å². The molecule has 0 aromatic rings. The largest absolute Gasteiger partial charge is 0.458 e. The van der Waals surface area contributed by atoms with E-state index in [0.717, 1.165) is 32.2 Å². The van der Waals surface area contributed by atoms with Crippen LogP contribution < -0.4 is 5.32 Å². The first-order valence-electron chi connectivity index (χ1n) is 8.94. The van der Waals surface area contributed by atoms with Crippen LogP contribution in [0.15, 0.2) is 0 Å². The average molecular weight is 324 g/mol. The number of esters is 1. The molecule has 0 bridgehead atoms. The molecular formula is C18H32N2O3. The van der Waals surface area contributed by atoms with Crippen molar-refractivity contribution in [2.75, 3.05) is 13.1 Å². The molecule has 132 valence electrons. The van der Waals surface area contributed by atoms with Gasteiger partial charge in [0, 0.05) is 6.54 Å². The highest BCUT2D eigenvalue weighted by Gasteiger charge is 2.48. The highest BCUT2D eigenvalue weighted by Crippen LogP contribution is 2.33. The summed E-state index contributed by atoms with van der Waals surface area (Å²) in [5, 5.41) is 3.40. The van der Waals surface area contributed by atoms with Crippen LogP contribution in [-0.2, 0) is 14.3 Å². The third kappa shape index (κ3) is 4.25. The quantitative estimate of drug-likeness (QED) is 0.807. The number of piperidine rings is 1. The van der Waals surface area contributed by atoms with Crippen LogP contribution in [0.3, 0.4) is 0 Å². The summed E-state index contributed by atoms with van der Waals surface area (Å²) in [5.41, 5.74) is -0.968. The van der Waals surface area contributed by atoms with Crippen molar-refractivity contribution in [1.29, 1.82) is 0 Å². The zero-order valence-corrected chi connectivity index (χ0v) is 15.3. The Kier molecular flexibility index (Phi) is 5.39. The number of hydrogen-bond donors (Lipinski definition) is 1. The van der Waals surface area contributed by atoms with Gasteiger partial charge in [-0.15, -0.1) is 0 Å². The molecule has 0 aliphatic carbocycles. The van der Waals surface area contributed by atoms with Crippen LogP contribution >= 0.6 is 0 Å². The molecule has 23 heavy (non-hydrogen) atoms. The second-order valence-corrected chi connectivity index (χ2v) is 8.39. The molecule has 2 aliphatic heterocycles. The molecule has 2 heterocycles. The molecule has 1 amide bonds. The summed E-state index contributed by atoms with van der Waals surface area (Å²) in [6, 6.07) is -0.471. The summed E-state index contributed by atoms with van der Waals surface area (Å²) in [7, 11) is 0. The standard InChI is InChI=1S/C18H32N2O3/c1-13(2)12-14(15(21)23-17(3,4)5)20-11-7-9-18(16(20)22)8-6-10-19-18/h13-14,19H,6-12H2,1-5H3/t14-,18+/m0/s1. The third-order valence-electron chi connectivity index (χ3n) is 4.67. The number of rotatable bonds is 4. The smallest absolute Gasteiger partial charge is 0.329 e. The number of carbonyl (C=O) groups excluding carboxylic acids is 2. The molecule has 2 fully saturated rings. The molecule has 0 aromatic carbocycles. The molecule has 0 unspecified atom stereocenters. The Balaban J connectivity index is 2.20. The van der Waals surface area contributed by atoms with Crippen LogP contribution in [-0.4, -0.2) is 47.0 Å². The summed E-state index contributed by atoms with van der Waals surface area (Å²) < 4.78 is 5.60. The maximum Gasteiger partial charge on any atom is 0.329 e. The van der Waals surface area contributed by atoms with Gasteiger partial charge in [0.25, 0.3) is 0 Å². The lowest BCUT2D eigenvalue weighted by atomic mass is 9.85. The molecular weight excluding hydrogens is 292 g/mol. The van der Waals surface area contributed by atoms with Crippen molar-refractivity contribution in [2.24, 2.45) is 5.92 Å². The summed E-state index contributed by atoms with van der Waals surface area (Å²) in [6.45, 7) is 11.3. The first-order chi connectivity index (χ1) is 10.6. The van der Waals surface area contributed by atoms with Crippen molar-refractivity contribution < 1.29 is 14.3 Å². The molecule has 5 heteroatoms. The average Bonchev–Trinajstić information content (AvgIpc) is 2.87. The minimum absolute atomic E-state index is 0.0951. The van der Waals surface area contributed by atoms with E-state index in [1.807, 2.05) is 20.8 Å². The van der Waals surface area contributed by atoms with Gasteiger partial charge < -0.3 is 15.0 Å². The van der Waals surface area contributed by atoms with E-state index in [4.69, 9.17) is 4.74 Å². The van der Waals surface area contributed by atoms with Gasteiger partial charge in [-0.05, 0) is 65.3 Å². The lowest BCUT2D eigenvalue weighted by Gasteiger charge is -2.43. The van der Waals surface area contributed by atoms with Crippen molar-refractivity contribution >= 4 is 11.9 Å². The van der Waals surface area contributed by atoms with Crippen LogP contribution in [0.2, 0.25) is 0 Å². The fourth-order valence-electron chi connectivity index (χ4n) is 3.70. The number of hydrogen-bond acceptors (Lipinski definition) is 4. The predicted octanol–water partition coefficient (Wildman–Crippen LogP) is 2.49. The van der Waals surface area contributed by atoms with E-state index in [2.05, 4.69) is 19.2 Å². The molecule has 1 N–H and O–H groups in total. The van der Waals surface area contributed by atoms with Gasteiger partial charge in [-0.2, -0.15) is 0 Å². The number of ether oxygens (including phenoxy) is 1. The van der Waals surface area contributed by atoms with E-state index < -0.39 is 17.2 Å². The normalized spacial score (nSPS) is 26.9. The molecule has 2 atom stereocenters. The highest BCUT2D eigenvalue weighted by molar-refractivity contribution is 5.91. The Bertz CT molecular complexity index is 448. The Morgan fingerprint density at radius 3 is 2.48 bits per heavy atom. The first kappa shape index (κ1) is 18.2. The van der Waals surface area contributed by atoms with E-state index in [9.17, 15) is 9.59 Å². The van der Waals surface area contributed by atoms with Gasteiger partial charge in [-0.3, -0.25) is 4.79 Å². The van der Waals surface area contributed by atoms with Crippen LogP contribution in [0.25, 0.3) is 0 Å². The van der Waals surface area contributed by atoms with Crippen LogP contribution in [0.5, 0.6) is 0 Å². The Morgan fingerprint density at radius 1 is 1.30 bits per heavy atom. The molecule has 1 spiro atoms. The fraction of sp³-hybridized carbons (Fsp3) is 0.889. The summed E-state index contributed by atoms with van der Waals surface area (Å²) in [6.07, 6.45) is 4.38. The van der Waals surface area contributed by atoms with Gasteiger partial charge in [-0.1, -0.05) is 13.8 Å².